The highest BCUT2D eigenvalue weighted by molar-refractivity contribution is 5.79. The Morgan fingerprint density at radius 1 is 0.938 bits per heavy atom. The van der Waals surface area contributed by atoms with E-state index >= 15 is 0 Å². The highest BCUT2D eigenvalue weighted by Crippen LogP contribution is 2.28. The first-order valence-corrected chi connectivity index (χ1v) is 12.2. The van der Waals surface area contributed by atoms with Gasteiger partial charge in [0, 0.05) is 51.9 Å². The molecule has 3 aliphatic rings. The Hall–Kier alpha value is -1.96. The fraction of sp³-hybridized carbons (Fsp3) is 0.680. The maximum Gasteiger partial charge on any atom is 0.236 e. The average Bonchev–Trinajstić information content (AvgIpc) is 3.65. The van der Waals surface area contributed by atoms with Crippen LogP contribution < -0.4 is 0 Å². The maximum absolute atomic E-state index is 13.0. The molecule has 1 aromatic carbocycles. The SMILES string of the molecule is CC(C)c1ccc(CN(CC(=O)N2CCN(CC(=O)N3CCOCC3)CC2)C2CC2)cc1. The molecule has 2 aliphatic heterocycles. The number of nitrogens with zero attached hydrogens (tertiary/aromatic N) is 4. The lowest BCUT2D eigenvalue weighted by Gasteiger charge is -2.37. The number of benzene rings is 1. The summed E-state index contributed by atoms with van der Waals surface area (Å²) in [5, 5.41) is 0. The Kier molecular flexibility index (Phi) is 7.81. The molecule has 0 radical (unpaired) electrons. The van der Waals surface area contributed by atoms with Crippen molar-refractivity contribution >= 4 is 11.8 Å². The molecule has 2 heterocycles. The second-order valence-electron chi connectivity index (χ2n) is 9.68. The molecule has 4 rings (SSSR count). The third-order valence-corrected chi connectivity index (χ3v) is 6.88. The molecule has 2 amide bonds. The molecule has 32 heavy (non-hydrogen) atoms. The molecule has 2 saturated heterocycles. The van der Waals surface area contributed by atoms with Gasteiger partial charge >= 0.3 is 0 Å². The van der Waals surface area contributed by atoms with Crippen LogP contribution in [0.1, 0.15) is 43.7 Å². The van der Waals surface area contributed by atoms with Crippen molar-refractivity contribution in [1.82, 2.24) is 19.6 Å². The van der Waals surface area contributed by atoms with E-state index < -0.39 is 0 Å². The first-order chi connectivity index (χ1) is 15.5. The van der Waals surface area contributed by atoms with Gasteiger partial charge in [0.1, 0.15) is 0 Å². The zero-order valence-corrected chi connectivity index (χ0v) is 19.7. The normalized spacial score (nSPS) is 20.2. The van der Waals surface area contributed by atoms with Crippen LogP contribution >= 0.6 is 0 Å². The first kappa shape index (κ1) is 23.2. The minimum atomic E-state index is 0.177. The van der Waals surface area contributed by atoms with Crippen LogP contribution in [0, 0.1) is 0 Å². The van der Waals surface area contributed by atoms with E-state index in [4.69, 9.17) is 4.74 Å². The van der Waals surface area contributed by atoms with Gasteiger partial charge in [0.15, 0.2) is 0 Å². The number of amides is 2. The molecule has 1 aromatic rings. The molecule has 7 heteroatoms. The van der Waals surface area contributed by atoms with Crippen molar-refractivity contribution in [3.8, 4) is 0 Å². The zero-order valence-electron chi connectivity index (χ0n) is 19.7. The fourth-order valence-corrected chi connectivity index (χ4v) is 4.53. The maximum atomic E-state index is 13.0. The molecule has 0 N–H and O–H groups in total. The lowest BCUT2D eigenvalue weighted by Crippen LogP contribution is -2.54. The molecule has 7 nitrogen and oxygen atoms in total. The summed E-state index contributed by atoms with van der Waals surface area (Å²) in [5.41, 5.74) is 2.63. The van der Waals surface area contributed by atoms with Gasteiger partial charge in [-0.15, -0.1) is 0 Å². The molecule has 0 bridgehead atoms. The lowest BCUT2D eigenvalue weighted by atomic mass is 10.0. The van der Waals surface area contributed by atoms with Crippen molar-refractivity contribution in [1.29, 1.82) is 0 Å². The number of carbonyl (C=O) groups is 2. The fourth-order valence-electron chi connectivity index (χ4n) is 4.53. The van der Waals surface area contributed by atoms with E-state index in [1.54, 1.807) is 0 Å². The number of rotatable bonds is 8. The summed E-state index contributed by atoms with van der Waals surface area (Å²) in [6, 6.07) is 9.38. The summed E-state index contributed by atoms with van der Waals surface area (Å²) in [5.74, 6) is 0.930. The van der Waals surface area contributed by atoms with Crippen LogP contribution in [0.3, 0.4) is 0 Å². The number of ether oxygens (including phenoxy) is 1. The van der Waals surface area contributed by atoms with Crippen LogP contribution in [0.2, 0.25) is 0 Å². The molecule has 3 fully saturated rings. The van der Waals surface area contributed by atoms with Gasteiger partial charge in [-0.05, 0) is 29.9 Å². The van der Waals surface area contributed by atoms with E-state index in [1.165, 1.54) is 24.0 Å². The zero-order chi connectivity index (χ0) is 22.5. The van der Waals surface area contributed by atoms with Crippen LogP contribution in [0.4, 0.5) is 0 Å². The van der Waals surface area contributed by atoms with Crippen LogP contribution in [0.5, 0.6) is 0 Å². The average molecular weight is 443 g/mol. The van der Waals surface area contributed by atoms with E-state index in [9.17, 15) is 9.59 Å². The minimum Gasteiger partial charge on any atom is -0.378 e. The topological polar surface area (TPSA) is 56.3 Å². The number of hydrogen-bond acceptors (Lipinski definition) is 5. The predicted octanol–water partition coefficient (Wildman–Crippen LogP) is 1.78. The molecule has 0 spiro atoms. The second kappa shape index (κ2) is 10.8. The lowest BCUT2D eigenvalue weighted by molar-refractivity contribution is -0.138. The molecule has 0 unspecified atom stereocenters. The summed E-state index contributed by atoms with van der Waals surface area (Å²) in [4.78, 5) is 33.9. The van der Waals surface area contributed by atoms with E-state index in [0.717, 1.165) is 19.6 Å². The van der Waals surface area contributed by atoms with Gasteiger partial charge in [-0.25, -0.2) is 0 Å². The summed E-state index contributed by atoms with van der Waals surface area (Å²) < 4.78 is 5.33. The van der Waals surface area contributed by atoms with Gasteiger partial charge < -0.3 is 14.5 Å². The number of piperazine rings is 1. The Bertz CT molecular complexity index is 764. The van der Waals surface area contributed by atoms with Gasteiger partial charge in [0.2, 0.25) is 11.8 Å². The standard InChI is InChI=1S/C25H38N4O3/c1-20(2)22-5-3-21(4-6-22)17-29(23-7-8-23)19-25(31)27-11-9-26(10-12-27)18-24(30)28-13-15-32-16-14-28/h3-6,20,23H,7-19H2,1-2H3. The third kappa shape index (κ3) is 6.30. The van der Waals surface area contributed by atoms with E-state index in [2.05, 4.69) is 47.9 Å². The molecule has 0 aromatic heterocycles. The molecule has 1 saturated carbocycles. The molecule has 176 valence electrons. The first-order valence-electron chi connectivity index (χ1n) is 12.2. The van der Waals surface area contributed by atoms with Crippen LogP contribution in [0.15, 0.2) is 24.3 Å². The van der Waals surface area contributed by atoms with Crippen LogP contribution in [-0.4, -0.2) is 103 Å². The van der Waals surface area contributed by atoms with Gasteiger partial charge in [-0.1, -0.05) is 38.1 Å². The van der Waals surface area contributed by atoms with Crippen molar-refractivity contribution in [2.45, 2.75) is 45.2 Å². The number of morpholine rings is 1. The van der Waals surface area contributed by atoms with Crippen molar-refractivity contribution in [2.24, 2.45) is 0 Å². The van der Waals surface area contributed by atoms with E-state index in [1.807, 2.05) is 9.80 Å². The summed E-state index contributed by atoms with van der Waals surface area (Å²) in [6.45, 7) is 11.8. The van der Waals surface area contributed by atoms with Crippen molar-refractivity contribution < 1.29 is 14.3 Å². The van der Waals surface area contributed by atoms with Gasteiger partial charge in [0.05, 0.1) is 26.3 Å². The second-order valence-corrected chi connectivity index (χ2v) is 9.68. The summed E-state index contributed by atoms with van der Waals surface area (Å²) in [6.07, 6.45) is 2.38. The summed E-state index contributed by atoms with van der Waals surface area (Å²) >= 11 is 0. The quantitative estimate of drug-likeness (QED) is 0.614. The van der Waals surface area contributed by atoms with Crippen molar-refractivity contribution in [3.63, 3.8) is 0 Å². The van der Waals surface area contributed by atoms with Crippen molar-refractivity contribution in [3.05, 3.63) is 35.4 Å². The van der Waals surface area contributed by atoms with E-state index in [-0.39, 0.29) is 11.8 Å². The molecule has 0 atom stereocenters. The third-order valence-electron chi connectivity index (χ3n) is 6.88. The summed E-state index contributed by atoms with van der Waals surface area (Å²) in [7, 11) is 0. The van der Waals surface area contributed by atoms with Crippen molar-refractivity contribution in [2.75, 3.05) is 65.6 Å². The van der Waals surface area contributed by atoms with Gasteiger partial charge in [-0.3, -0.25) is 19.4 Å². The smallest absolute Gasteiger partial charge is 0.236 e. The van der Waals surface area contributed by atoms with Gasteiger partial charge in [0.25, 0.3) is 0 Å². The molecular formula is C25H38N4O3. The highest BCUT2D eigenvalue weighted by Gasteiger charge is 2.32. The van der Waals surface area contributed by atoms with Crippen LogP contribution in [0.25, 0.3) is 0 Å². The number of hydrogen-bond donors (Lipinski definition) is 0. The van der Waals surface area contributed by atoms with E-state index in [0.29, 0.717) is 64.4 Å². The minimum absolute atomic E-state index is 0.177. The molecule has 1 aliphatic carbocycles. The van der Waals surface area contributed by atoms with Crippen LogP contribution in [-0.2, 0) is 20.9 Å². The highest BCUT2D eigenvalue weighted by atomic mass is 16.5. The number of carbonyl (C=O) groups excluding carboxylic acids is 2. The monoisotopic (exact) mass is 442 g/mol. The Balaban J connectivity index is 1.23. The predicted molar refractivity (Wildman–Crippen MR) is 124 cm³/mol. The molecular weight excluding hydrogens is 404 g/mol. The van der Waals surface area contributed by atoms with Gasteiger partial charge in [-0.2, -0.15) is 0 Å². The Labute approximate surface area is 192 Å². The Morgan fingerprint density at radius 3 is 2.16 bits per heavy atom. The largest absolute Gasteiger partial charge is 0.378 e. The Morgan fingerprint density at radius 2 is 1.56 bits per heavy atom.